The van der Waals surface area contributed by atoms with Crippen molar-refractivity contribution in [2.45, 2.75) is 32.3 Å². The van der Waals surface area contributed by atoms with Crippen molar-refractivity contribution in [1.29, 1.82) is 0 Å². The van der Waals surface area contributed by atoms with Gasteiger partial charge in [-0.05, 0) is 32.3 Å². The second kappa shape index (κ2) is 3.83. The van der Waals surface area contributed by atoms with Gasteiger partial charge in [0.05, 0.1) is 18.0 Å². The molecule has 2 rings (SSSR count). The van der Waals surface area contributed by atoms with E-state index in [1.807, 2.05) is 13.1 Å². The summed E-state index contributed by atoms with van der Waals surface area (Å²) >= 11 is 0. The first-order chi connectivity index (χ1) is 6.36. The third-order valence-corrected chi connectivity index (χ3v) is 2.35. The zero-order chi connectivity index (χ0) is 9.10. The van der Waals surface area contributed by atoms with Crippen LogP contribution in [0.2, 0.25) is 0 Å². The maximum Gasteiger partial charge on any atom is 0.0841 e. The number of aryl methyl sites for hydroxylation is 1. The monoisotopic (exact) mass is 178 g/mol. The first-order valence-electron chi connectivity index (χ1n) is 4.77. The van der Waals surface area contributed by atoms with Crippen LogP contribution < -0.4 is 0 Å². The molecule has 2 heterocycles. The van der Waals surface area contributed by atoms with Crippen LogP contribution in [0.5, 0.6) is 0 Å². The first kappa shape index (κ1) is 8.63. The van der Waals surface area contributed by atoms with E-state index in [-0.39, 0.29) is 6.10 Å². The molecule has 1 saturated heterocycles. The van der Waals surface area contributed by atoms with E-state index in [1.54, 1.807) is 0 Å². The summed E-state index contributed by atoms with van der Waals surface area (Å²) in [5.41, 5.74) is 2.14. The molecule has 0 aromatic carbocycles. The Balaban J connectivity index is 2.14. The lowest BCUT2D eigenvalue weighted by molar-refractivity contribution is 0.0146. The van der Waals surface area contributed by atoms with Crippen molar-refractivity contribution in [3.63, 3.8) is 0 Å². The molecule has 1 aliphatic heterocycles. The first-order valence-corrected chi connectivity index (χ1v) is 4.77. The second-order valence-corrected chi connectivity index (χ2v) is 3.49. The molecule has 0 N–H and O–H groups in total. The normalized spacial score (nSPS) is 23.0. The lowest BCUT2D eigenvalue weighted by Gasteiger charge is -2.22. The minimum atomic E-state index is 0.253. The van der Waals surface area contributed by atoms with Gasteiger partial charge in [-0.15, -0.1) is 0 Å². The predicted octanol–water partition coefficient (Wildman–Crippen LogP) is 2.03. The minimum Gasteiger partial charge on any atom is -0.373 e. The van der Waals surface area contributed by atoms with Gasteiger partial charge in [0.1, 0.15) is 0 Å². The number of aromatic nitrogens is 2. The Bertz CT molecular complexity index is 282. The summed E-state index contributed by atoms with van der Waals surface area (Å²) in [6, 6.07) is 2.06. The van der Waals surface area contributed by atoms with Gasteiger partial charge in [0, 0.05) is 12.2 Å². The van der Waals surface area contributed by atoms with Gasteiger partial charge < -0.3 is 4.74 Å². The van der Waals surface area contributed by atoms with Gasteiger partial charge in [0.15, 0.2) is 0 Å². The molecule has 1 atom stereocenters. The van der Waals surface area contributed by atoms with E-state index in [4.69, 9.17) is 4.74 Å². The number of rotatable bonds is 1. The molecule has 3 nitrogen and oxygen atoms in total. The smallest absolute Gasteiger partial charge is 0.0841 e. The topological polar surface area (TPSA) is 35.0 Å². The van der Waals surface area contributed by atoms with Gasteiger partial charge in [0.2, 0.25) is 0 Å². The molecular formula is C10H14N2O. The lowest BCUT2D eigenvalue weighted by Crippen LogP contribution is -2.12. The Labute approximate surface area is 78.1 Å². The highest BCUT2D eigenvalue weighted by Crippen LogP contribution is 2.26. The van der Waals surface area contributed by atoms with Gasteiger partial charge >= 0.3 is 0 Å². The van der Waals surface area contributed by atoms with Crippen molar-refractivity contribution in [1.82, 2.24) is 10.2 Å². The van der Waals surface area contributed by atoms with E-state index in [1.165, 1.54) is 18.4 Å². The number of nitrogens with zero attached hydrogens (tertiary/aromatic N) is 2. The van der Waals surface area contributed by atoms with E-state index in [9.17, 15) is 0 Å². The molecule has 1 aliphatic rings. The van der Waals surface area contributed by atoms with Crippen molar-refractivity contribution >= 4 is 0 Å². The fourth-order valence-electron chi connectivity index (χ4n) is 1.67. The van der Waals surface area contributed by atoms with Crippen LogP contribution in [0.25, 0.3) is 0 Å². The van der Waals surface area contributed by atoms with E-state index < -0.39 is 0 Å². The van der Waals surface area contributed by atoms with Crippen molar-refractivity contribution in [3.05, 3.63) is 23.5 Å². The van der Waals surface area contributed by atoms with Crippen LogP contribution in [-0.4, -0.2) is 16.8 Å². The van der Waals surface area contributed by atoms with E-state index >= 15 is 0 Å². The molecule has 70 valence electrons. The van der Waals surface area contributed by atoms with Gasteiger partial charge in [-0.1, -0.05) is 0 Å². The van der Waals surface area contributed by atoms with Gasteiger partial charge in [-0.2, -0.15) is 10.2 Å². The summed E-state index contributed by atoms with van der Waals surface area (Å²) in [4.78, 5) is 0. The highest BCUT2D eigenvalue weighted by atomic mass is 16.5. The van der Waals surface area contributed by atoms with Crippen LogP contribution in [0, 0.1) is 6.92 Å². The molecule has 0 aliphatic carbocycles. The molecule has 0 amide bonds. The molecule has 0 saturated carbocycles. The van der Waals surface area contributed by atoms with Crippen molar-refractivity contribution in [2.24, 2.45) is 0 Å². The van der Waals surface area contributed by atoms with Crippen molar-refractivity contribution in [3.8, 4) is 0 Å². The molecule has 1 aromatic heterocycles. The minimum absolute atomic E-state index is 0.253. The van der Waals surface area contributed by atoms with E-state index in [0.717, 1.165) is 18.7 Å². The fraction of sp³-hybridized carbons (Fsp3) is 0.600. The highest BCUT2D eigenvalue weighted by molar-refractivity contribution is 5.14. The maximum atomic E-state index is 5.65. The molecular weight excluding hydrogens is 164 g/mol. The summed E-state index contributed by atoms with van der Waals surface area (Å²) in [6.45, 7) is 2.84. The Hall–Kier alpha value is -0.960. The summed E-state index contributed by atoms with van der Waals surface area (Å²) in [7, 11) is 0. The molecule has 1 aromatic rings. The SMILES string of the molecule is Cc1cc(C2CCCCO2)cnn1. The quantitative estimate of drug-likeness (QED) is 0.660. The molecule has 1 unspecified atom stereocenters. The van der Waals surface area contributed by atoms with E-state index in [2.05, 4.69) is 16.3 Å². The lowest BCUT2D eigenvalue weighted by atomic mass is 10.0. The Kier molecular flexibility index (Phi) is 2.54. The van der Waals surface area contributed by atoms with Crippen LogP contribution in [0.4, 0.5) is 0 Å². The Morgan fingerprint density at radius 2 is 2.38 bits per heavy atom. The predicted molar refractivity (Wildman–Crippen MR) is 49.3 cm³/mol. The van der Waals surface area contributed by atoms with Crippen LogP contribution in [0.3, 0.4) is 0 Å². The number of ether oxygens (including phenoxy) is 1. The van der Waals surface area contributed by atoms with Gasteiger partial charge in [-0.25, -0.2) is 0 Å². The highest BCUT2D eigenvalue weighted by Gasteiger charge is 2.16. The Morgan fingerprint density at radius 3 is 3.08 bits per heavy atom. The summed E-state index contributed by atoms with van der Waals surface area (Å²) in [5.74, 6) is 0. The zero-order valence-corrected chi connectivity index (χ0v) is 7.86. The zero-order valence-electron chi connectivity index (χ0n) is 7.86. The van der Waals surface area contributed by atoms with Crippen molar-refractivity contribution < 1.29 is 4.74 Å². The molecule has 1 fully saturated rings. The molecule has 0 spiro atoms. The van der Waals surface area contributed by atoms with Crippen molar-refractivity contribution in [2.75, 3.05) is 6.61 Å². The molecule has 13 heavy (non-hydrogen) atoms. The maximum absolute atomic E-state index is 5.65. The third-order valence-electron chi connectivity index (χ3n) is 2.35. The number of hydrogen-bond acceptors (Lipinski definition) is 3. The Morgan fingerprint density at radius 1 is 1.46 bits per heavy atom. The average Bonchev–Trinajstić information content (AvgIpc) is 2.19. The summed E-state index contributed by atoms with van der Waals surface area (Å²) in [6.07, 6.45) is 5.62. The largest absolute Gasteiger partial charge is 0.373 e. The van der Waals surface area contributed by atoms with Gasteiger partial charge in [-0.3, -0.25) is 0 Å². The van der Waals surface area contributed by atoms with Gasteiger partial charge in [0.25, 0.3) is 0 Å². The van der Waals surface area contributed by atoms with E-state index in [0.29, 0.717) is 0 Å². The standard InChI is InChI=1S/C10H14N2O/c1-8-6-9(7-11-12-8)10-4-2-3-5-13-10/h6-7,10H,2-5H2,1H3. The van der Waals surface area contributed by atoms with Crippen LogP contribution in [0.1, 0.15) is 36.6 Å². The molecule has 0 bridgehead atoms. The molecule has 3 heteroatoms. The average molecular weight is 178 g/mol. The summed E-state index contributed by atoms with van der Waals surface area (Å²) in [5, 5.41) is 7.86. The second-order valence-electron chi connectivity index (χ2n) is 3.49. The fourth-order valence-corrected chi connectivity index (χ4v) is 1.67. The van der Waals surface area contributed by atoms with Crippen LogP contribution in [-0.2, 0) is 4.74 Å². The van der Waals surface area contributed by atoms with Crippen LogP contribution in [0.15, 0.2) is 12.3 Å². The summed E-state index contributed by atoms with van der Waals surface area (Å²) < 4.78 is 5.65. The number of hydrogen-bond donors (Lipinski definition) is 0. The molecule has 0 radical (unpaired) electrons. The van der Waals surface area contributed by atoms with Crippen LogP contribution >= 0.6 is 0 Å². The third kappa shape index (κ3) is 2.04.